The zero-order valence-electron chi connectivity index (χ0n) is 17.6. The number of fused-ring (bicyclic) bond motifs is 3. The maximum Gasteiger partial charge on any atom is 0.251 e. The second-order valence-corrected chi connectivity index (χ2v) is 8.54. The predicted octanol–water partition coefficient (Wildman–Crippen LogP) is 5.22. The van der Waals surface area contributed by atoms with Gasteiger partial charge in [0.05, 0.1) is 26.0 Å². The van der Waals surface area contributed by atoms with Gasteiger partial charge in [0, 0.05) is 22.0 Å². The quantitative estimate of drug-likeness (QED) is 0.457. The molecule has 0 unspecified atom stereocenters. The maximum absolute atomic E-state index is 13.4. The lowest BCUT2D eigenvalue weighted by Crippen LogP contribution is -2.45. The summed E-state index contributed by atoms with van der Waals surface area (Å²) in [6, 6.07) is 20.6. The minimum Gasteiger partial charge on any atom is -0.497 e. The van der Waals surface area contributed by atoms with Gasteiger partial charge in [-0.25, -0.2) is 5.01 Å². The van der Waals surface area contributed by atoms with Crippen molar-refractivity contribution in [2.45, 2.75) is 18.7 Å². The normalized spacial score (nSPS) is 18.8. The minimum absolute atomic E-state index is 0.0967. The molecule has 0 radical (unpaired) electrons. The Morgan fingerprint density at radius 1 is 1.00 bits per heavy atom. The van der Waals surface area contributed by atoms with Crippen molar-refractivity contribution in [3.05, 3.63) is 87.9 Å². The summed E-state index contributed by atoms with van der Waals surface area (Å²) in [5.74, 6) is 2.04. The number of methoxy groups -OCH3 is 2. The topological polar surface area (TPSA) is 60.4 Å². The first kappa shape index (κ1) is 20.6. The fraction of sp³-hybridized carbons (Fsp3) is 0.200. The molecule has 3 aromatic rings. The van der Waals surface area contributed by atoms with E-state index < -0.39 is 6.23 Å². The van der Waals surface area contributed by atoms with Gasteiger partial charge in [0.1, 0.15) is 17.2 Å². The third-order valence-corrected chi connectivity index (χ3v) is 6.27. The molecule has 2 atom stereocenters. The van der Waals surface area contributed by atoms with Crippen LogP contribution in [0.25, 0.3) is 0 Å². The van der Waals surface area contributed by atoms with Crippen molar-refractivity contribution < 1.29 is 19.0 Å². The van der Waals surface area contributed by atoms with E-state index in [-0.39, 0.29) is 11.8 Å². The fourth-order valence-electron chi connectivity index (χ4n) is 4.09. The first-order valence-electron chi connectivity index (χ1n) is 10.2. The Morgan fingerprint density at radius 3 is 2.31 bits per heavy atom. The van der Waals surface area contributed by atoms with Crippen molar-refractivity contribution in [1.82, 2.24) is 5.01 Å². The molecular weight excluding hydrogens is 472 g/mol. The highest BCUT2D eigenvalue weighted by Gasteiger charge is 2.43. The van der Waals surface area contributed by atoms with Crippen LogP contribution in [0.15, 0.2) is 76.3 Å². The Hall–Kier alpha value is -3.32. The molecule has 0 N–H and O–H groups in total. The Labute approximate surface area is 194 Å². The lowest BCUT2D eigenvalue weighted by atomic mass is 9.95. The van der Waals surface area contributed by atoms with E-state index in [0.29, 0.717) is 23.5 Å². The number of hydrogen-bond donors (Lipinski definition) is 0. The molecule has 0 saturated heterocycles. The van der Waals surface area contributed by atoms with E-state index in [0.717, 1.165) is 27.1 Å². The Bertz CT molecular complexity index is 1190. The summed E-state index contributed by atoms with van der Waals surface area (Å²) in [7, 11) is 3.24. The van der Waals surface area contributed by atoms with Crippen LogP contribution < -0.4 is 14.2 Å². The maximum atomic E-state index is 13.4. The molecule has 2 aliphatic heterocycles. The molecule has 3 aromatic carbocycles. The van der Waals surface area contributed by atoms with Crippen molar-refractivity contribution in [1.29, 1.82) is 0 Å². The van der Waals surface area contributed by atoms with Gasteiger partial charge in [-0.2, -0.15) is 5.10 Å². The van der Waals surface area contributed by atoms with Gasteiger partial charge in [0.25, 0.3) is 6.23 Å². The molecule has 0 fully saturated rings. The predicted molar refractivity (Wildman–Crippen MR) is 125 cm³/mol. The molecule has 2 aliphatic rings. The summed E-state index contributed by atoms with van der Waals surface area (Å²) in [5.41, 5.74) is 3.45. The van der Waals surface area contributed by atoms with Crippen molar-refractivity contribution in [3.63, 3.8) is 0 Å². The van der Waals surface area contributed by atoms with E-state index in [1.54, 1.807) is 43.5 Å². The number of ether oxygens (including phenoxy) is 3. The molecule has 5 rings (SSSR count). The molecule has 0 aliphatic carbocycles. The number of benzene rings is 3. The van der Waals surface area contributed by atoms with Crippen LogP contribution >= 0.6 is 15.9 Å². The molecule has 162 valence electrons. The Morgan fingerprint density at radius 2 is 1.66 bits per heavy atom. The molecule has 0 amide bonds. The number of carbonyl (C=O) groups is 1. The molecule has 7 heteroatoms. The molecule has 2 heterocycles. The number of hydrazone groups is 1. The second-order valence-electron chi connectivity index (χ2n) is 7.62. The highest BCUT2D eigenvalue weighted by molar-refractivity contribution is 9.10. The zero-order chi connectivity index (χ0) is 22.2. The summed E-state index contributed by atoms with van der Waals surface area (Å²) in [6.07, 6.45) is -0.177. The van der Waals surface area contributed by atoms with E-state index in [4.69, 9.17) is 19.3 Å². The van der Waals surface area contributed by atoms with Crippen LogP contribution in [0, 0.1) is 0 Å². The number of nitrogens with zero attached hydrogens (tertiary/aromatic N) is 2. The van der Waals surface area contributed by atoms with Crippen LogP contribution in [0.3, 0.4) is 0 Å². The number of Topliss-reactive ketones (excluding diaryl/α,β-unsaturated/α-hetero) is 1. The fourth-order valence-corrected chi connectivity index (χ4v) is 4.47. The Balaban J connectivity index is 1.53. The van der Waals surface area contributed by atoms with E-state index >= 15 is 0 Å². The van der Waals surface area contributed by atoms with Crippen molar-refractivity contribution in [2.24, 2.45) is 5.10 Å². The van der Waals surface area contributed by atoms with Crippen molar-refractivity contribution in [2.75, 3.05) is 14.2 Å². The van der Waals surface area contributed by atoms with E-state index in [2.05, 4.69) is 15.9 Å². The first-order chi connectivity index (χ1) is 15.6. The van der Waals surface area contributed by atoms with Gasteiger partial charge in [-0.1, -0.05) is 15.9 Å². The highest BCUT2D eigenvalue weighted by Crippen LogP contribution is 2.44. The largest absolute Gasteiger partial charge is 0.497 e. The molecular formula is C25H21BrN2O4. The summed E-state index contributed by atoms with van der Waals surface area (Å²) in [5, 5.41) is 6.64. The van der Waals surface area contributed by atoms with Gasteiger partial charge < -0.3 is 14.2 Å². The van der Waals surface area contributed by atoms with Gasteiger partial charge in [-0.15, -0.1) is 0 Å². The number of rotatable bonds is 5. The third-order valence-electron chi connectivity index (χ3n) is 5.77. The van der Waals surface area contributed by atoms with Crippen LogP contribution in [-0.4, -0.2) is 37.0 Å². The number of ketones is 1. The molecule has 0 aromatic heterocycles. The van der Waals surface area contributed by atoms with E-state index in [1.165, 1.54) is 0 Å². The standard InChI is InChI=1S/C25H21BrN2O4/c1-30-18-8-3-15(4-9-18)21-14-22-20-13-17(26)7-12-23(20)32-25(28(22)27-21)24(29)16-5-10-19(31-2)11-6-16/h3-13,22,25H,14H2,1-2H3/t22-,25-/m1/s1. The van der Waals surface area contributed by atoms with Crippen molar-refractivity contribution in [3.8, 4) is 17.2 Å². The highest BCUT2D eigenvalue weighted by atomic mass is 79.9. The molecule has 0 bridgehead atoms. The smallest absolute Gasteiger partial charge is 0.251 e. The molecule has 32 heavy (non-hydrogen) atoms. The van der Waals surface area contributed by atoms with Crippen LogP contribution in [0.5, 0.6) is 17.2 Å². The molecule has 0 spiro atoms. The summed E-state index contributed by atoms with van der Waals surface area (Å²) in [4.78, 5) is 13.4. The lowest BCUT2D eigenvalue weighted by Gasteiger charge is -2.37. The van der Waals surface area contributed by atoms with E-state index in [1.807, 2.05) is 42.5 Å². The van der Waals surface area contributed by atoms with Gasteiger partial charge >= 0.3 is 0 Å². The van der Waals surface area contributed by atoms with Crippen LogP contribution in [-0.2, 0) is 0 Å². The third kappa shape index (κ3) is 3.62. The van der Waals surface area contributed by atoms with Gasteiger partial charge in [-0.05, 0) is 72.3 Å². The zero-order valence-corrected chi connectivity index (χ0v) is 19.2. The lowest BCUT2D eigenvalue weighted by molar-refractivity contribution is -0.00459. The number of hydrogen-bond acceptors (Lipinski definition) is 6. The minimum atomic E-state index is -0.849. The van der Waals surface area contributed by atoms with Crippen molar-refractivity contribution >= 4 is 27.4 Å². The first-order valence-corrected chi connectivity index (χ1v) is 11.0. The number of carbonyl (C=O) groups excluding carboxylic acids is 1. The summed E-state index contributed by atoms with van der Waals surface area (Å²) >= 11 is 3.55. The van der Waals surface area contributed by atoms with Gasteiger partial charge in [-0.3, -0.25) is 4.79 Å². The molecule has 0 saturated carbocycles. The van der Waals surface area contributed by atoms with Crippen LogP contribution in [0.2, 0.25) is 0 Å². The second kappa shape index (κ2) is 8.31. The van der Waals surface area contributed by atoms with Gasteiger partial charge in [0.2, 0.25) is 5.78 Å². The average Bonchev–Trinajstić information content (AvgIpc) is 3.29. The van der Waals surface area contributed by atoms with Crippen LogP contribution in [0.1, 0.15) is 33.9 Å². The Kier molecular flexibility index (Phi) is 5.35. The summed E-state index contributed by atoms with van der Waals surface area (Å²) in [6.45, 7) is 0. The van der Waals surface area contributed by atoms with Gasteiger partial charge in [0.15, 0.2) is 0 Å². The monoisotopic (exact) mass is 492 g/mol. The number of halogens is 1. The molecule has 6 nitrogen and oxygen atoms in total. The van der Waals surface area contributed by atoms with Crippen LogP contribution in [0.4, 0.5) is 0 Å². The SMILES string of the molecule is COc1ccc(C(=O)[C@H]2Oc3ccc(Br)cc3[C@H]3CC(c4ccc(OC)cc4)=NN23)cc1. The van der Waals surface area contributed by atoms with E-state index in [9.17, 15) is 4.79 Å². The summed E-state index contributed by atoms with van der Waals surface area (Å²) < 4.78 is 17.6. The average molecular weight is 493 g/mol.